The van der Waals surface area contributed by atoms with Crippen LogP contribution in [-0.4, -0.2) is 55.4 Å². The Morgan fingerprint density at radius 3 is 2.38 bits per heavy atom. The van der Waals surface area contributed by atoms with E-state index in [1.54, 1.807) is 26.0 Å². The first-order valence-corrected chi connectivity index (χ1v) is 9.10. The van der Waals surface area contributed by atoms with Crippen LogP contribution in [0.1, 0.15) is 40.5 Å². The van der Waals surface area contributed by atoms with Crippen LogP contribution in [-0.2, 0) is 9.59 Å². The molecule has 0 amide bonds. The van der Waals surface area contributed by atoms with Gasteiger partial charge in [-0.15, -0.1) is 0 Å². The highest BCUT2D eigenvalue weighted by Gasteiger charge is 2.66. The summed E-state index contributed by atoms with van der Waals surface area (Å²) in [6.45, 7) is 5.99. The molecule has 6 nitrogen and oxygen atoms in total. The number of fused-ring (bicyclic) bond motifs is 3. The summed E-state index contributed by atoms with van der Waals surface area (Å²) < 4.78 is 0. The van der Waals surface area contributed by atoms with Crippen LogP contribution in [0.3, 0.4) is 0 Å². The zero-order valence-electron chi connectivity index (χ0n) is 15.7. The normalized spacial score (nSPS) is 43.4. The highest BCUT2D eigenvalue weighted by atomic mass is 16.3. The molecule has 6 atom stereocenters. The predicted molar refractivity (Wildman–Crippen MR) is 94.0 cm³/mol. The van der Waals surface area contributed by atoms with Crippen LogP contribution in [0.5, 0.6) is 0 Å². The van der Waals surface area contributed by atoms with Crippen molar-refractivity contribution in [3.05, 3.63) is 23.3 Å². The van der Waals surface area contributed by atoms with Crippen molar-refractivity contribution < 1.29 is 30.0 Å². The molecule has 1 fully saturated rings. The molecular weight excluding hydrogens is 336 g/mol. The first kappa shape index (κ1) is 19.4. The Bertz CT molecular complexity index is 714. The van der Waals surface area contributed by atoms with E-state index in [1.165, 1.54) is 13.8 Å². The summed E-state index contributed by atoms with van der Waals surface area (Å²) in [5.41, 5.74) is -4.06. The van der Waals surface area contributed by atoms with Gasteiger partial charge >= 0.3 is 0 Å². The number of Topliss-reactive ketones (excluding diaryl/α,β-unsaturated/α-hetero) is 2. The van der Waals surface area contributed by atoms with E-state index >= 15 is 0 Å². The third kappa shape index (κ3) is 2.47. The Hall–Kier alpha value is -1.34. The van der Waals surface area contributed by atoms with Crippen LogP contribution < -0.4 is 0 Å². The molecule has 0 bridgehead atoms. The van der Waals surface area contributed by atoms with E-state index < -0.39 is 52.9 Å². The Balaban J connectivity index is 2.26. The van der Waals surface area contributed by atoms with Crippen LogP contribution >= 0.6 is 0 Å². The fraction of sp³-hybridized carbons (Fsp3) is 0.700. The number of ketones is 2. The van der Waals surface area contributed by atoms with Gasteiger partial charge < -0.3 is 20.4 Å². The second-order valence-electron chi connectivity index (χ2n) is 8.86. The lowest BCUT2D eigenvalue weighted by molar-refractivity contribution is -0.191. The summed E-state index contributed by atoms with van der Waals surface area (Å²) in [4.78, 5) is 25.4. The number of aliphatic hydroxyl groups excluding tert-OH is 1. The minimum absolute atomic E-state index is 0.0532. The molecule has 0 aromatic heterocycles. The third-order valence-electron chi connectivity index (χ3n) is 6.59. The van der Waals surface area contributed by atoms with Crippen LogP contribution in [0.25, 0.3) is 0 Å². The molecule has 3 rings (SSSR count). The van der Waals surface area contributed by atoms with Gasteiger partial charge in [0.25, 0.3) is 0 Å². The van der Waals surface area contributed by atoms with Crippen LogP contribution in [0, 0.1) is 23.7 Å². The maximum absolute atomic E-state index is 12.7. The molecule has 0 heterocycles. The summed E-state index contributed by atoms with van der Waals surface area (Å²) in [6.07, 6.45) is 3.15. The summed E-state index contributed by atoms with van der Waals surface area (Å²) in [5, 5.41) is 43.5. The zero-order chi connectivity index (χ0) is 19.7. The standard InChI is InChI=1S/C20H28O6/c1-10-5-15-19(25,17(10)23)8-12(9-21)7-13-16(18(3,4)24)14(22)6-11(2)20(13,15)26/h5,7,11,13,15-16,21,24-26H,6,8-9H2,1-4H3. The average molecular weight is 364 g/mol. The van der Waals surface area contributed by atoms with E-state index in [4.69, 9.17) is 0 Å². The van der Waals surface area contributed by atoms with E-state index in [2.05, 4.69) is 0 Å². The molecule has 4 N–H and O–H groups in total. The number of aliphatic hydroxyl groups is 4. The lowest BCUT2D eigenvalue weighted by Crippen LogP contribution is -2.64. The molecule has 1 saturated carbocycles. The second-order valence-corrected chi connectivity index (χ2v) is 8.86. The van der Waals surface area contributed by atoms with Gasteiger partial charge in [0.15, 0.2) is 5.78 Å². The van der Waals surface area contributed by atoms with Crippen LogP contribution in [0.4, 0.5) is 0 Å². The van der Waals surface area contributed by atoms with Gasteiger partial charge in [-0.25, -0.2) is 0 Å². The fourth-order valence-corrected chi connectivity index (χ4v) is 5.39. The number of rotatable bonds is 2. The number of carbonyl (C=O) groups excluding carboxylic acids is 2. The quantitative estimate of drug-likeness (QED) is 0.531. The Morgan fingerprint density at radius 1 is 1.23 bits per heavy atom. The molecule has 0 saturated heterocycles. The molecule has 0 aromatic rings. The Morgan fingerprint density at radius 2 is 1.85 bits per heavy atom. The number of carbonyl (C=O) groups is 2. The van der Waals surface area contributed by atoms with Gasteiger partial charge in [-0.3, -0.25) is 9.59 Å². The Labute approximate surface area is 153 Å². The molecule has 0 aliphatic heterocycles. The smallest absolute Gasteiger partial charge is 0.190 e. The summed E-state index contributed by atoms with van der Waals surface area (Å²) in [6, 6.07) is 0. The van der Waals surface area contributed by atoms with E-state index in [0.29, 0.717) is 11.1 Å². The van der Waals surface area contributed by atoms with E-state index in [0.717, 1.165) is 0 Å². The summed E-state index contributed by atoms with van der Waals surface area (Å²) in [7, 11) is 0. The molecule has 0 aromatic carbocycles. The van der Waals surface area contributed by atoms with E-state index in [9.17, 15) is 30.0 Å². The summed E-state index contributed by atoms with van der Waals surface area (Å²) in [5.74, 6) is -3.74. The molecule has 3 aliphatic rings. The molecular formula is C20H28O6. The van der Waals surface area contributed by atoms with Crippen molar-refractivity contribution in [2.45, 2.75) is 57.3 Å². The van der Waals surface area contributed by atoms with Crippen molar-refractivity contribution in [1.82, 2.24) is 0 Å². The van der Waals surface area contributed by atoms with Crippen molar-refractivity contribution in [3.8, 4) is 0 Å². The highest BCUT2D eigenvalue weighted by molar-refractivity contribution is 6.05. The minimum Gasteiger partial charge on any atom is -0.392 e. The van der Waals surface area contributed by atoms with Gasteiger partial charge in [-0.2, -0.15) is 0 Å². The monoisotopic (exact) mass is 364 g/mol. The third-order valence-corrected chi connectivity index (χ3v) is 6.59. The fourth-order valence-electron chi connectivity index (χ4n) is 5.39. The number of hydrogen-bond acceptors (Lipinski definition) is 6. The van der Waals surface area contributed by atoms with Crippen molar-refractivity contribution in [2.75, 3.05) is 6.61 Å². The molecule has 0 spiro atoms. The molecule has 3 aliphatic carbocycles. The lowest BCUT2D eigenvalue weighted by atomic mass is 9.54. The van der Waals surface area contributed by atoms with E-state index in [-0.39, 0.29) is 18.6 Å². The van der Waals surface area contributed by atoms with Crippen LogP contribution in [0.15, 0.2) is 23.3 Å². The SMILES string of the molecule is CC1=CC2C(O)(CC(CO)=CC3C(C(C)(C)O)C(=O)CC(C)C32O)C1=O. The van der Waals surface area contributed by atoms with Crippen LogP contribution in [0.2, 0.25) is 0 Å². The van der Waals surface area contributed by atoms with Crippen molar-refractivity contribution in [2.24, 2.45) is 23.7 Å². The molecule has 6 heteroatoms. The molecule has 0 radical (unpaired) electrons. The Kier molecular flexibility index (Phi) is 4.35. The van der Waals surface area contributed by atoms with Crippen molar-refractivity contribution in [3.63, 3.8) is 0 Å². The minimum atomic E-state index is -1.85. The van der Waals surface area contributed by atoms with Gasteiger partial charge in [0, 0.05) is 24.7 Å². The van der Waals surface area contributed by atoms with Gasteiger partial charge in [0.1, 0.15) is 11.4 Å². The topological polar surface area (TPSA) is 115 Å². The van der Waals surface area contributed by atoms with Crippen molar-refractivity contribution in [1.29, 1.82) is 0 Å². The van der Waals surface area contributed by atoms with E-state index in [1.807, 2.05) is 0 Å². The molecule has 144 valence electrons. The molecule has 6 unspecified atom stereocenters. The first-order valence-electron chi connectivity index (χ1n) is 9.10. The largest absolute Gasteiger partial charge is 0.392 e. The zero-order valence-corrected chi connectivity index (χ0v) is 15.7. The van der Waals surface area contributed by atoms with Crippen molar-refractivity contribution >= 4 is 11.6 Å². The van der Waals surface area contributed by atoms with Gasteiger partial charge in [-0.1, -0.05) is 19.1 Å². The number of hydrogen-bond donors (Lipinski definition) is 4. The second kappa shape index (κ2) is 5.83. The molecule has 26 heavy (non-hydrogen) atoms. The van der Waals surface area contributed by atoms with Gasteiger partial charge in [0.05, 0.1) is 23.7 Å². The van der Waals surface area contributed by atoms with Gasteiger partial charge in [0.2, 0.25) is 0 Å². The lowest BCUT2D eigenvalue weighted by Gasteiger charge is -2.53. The predicted octanol–water partition coefficient (Wildman–Crippen LogP) is 0.528. The average Bonchev–Trinajstić information content (AvgIpc) is 2.68. The first-order chi connectivity index (χ1) is 11.9. The maximum Gasteiger partial charge on any atom is 0.190 e. The maximum atomic E-state index is 12.7. The van der Waals surface area contributed by atoms with Gasteiger partial charge in [-0.05, 0) is 37.8 Å². The summed E-state index contributed by atoms with van der Waals surface area (Å²) >= 11 is 0. The highest BCUT2D eigenvalue weighted by Crippen LogP contribution is 2.56.